The topological polar surface area (TPSA) is 94.3 Å². The predicted molar refractivity (Wildman–Crippen MR) is 106 cm³/mol. The molecular formula is C20H19N3O5. The first-order valence-corrected chi connectivity index (χ1v) is 8.61. The average molecular weight is 381 g/mol. The van der Waals surface area contributed by atoms with Crippen molar-refractivity contribution in [3.8, 4) is 11.5 Å². The van der Waals surface area contributed by atoms with Crippen LogP contribution < -0.4 is 14.5 Å². The fourth-order valence-corrected chi connectivity index (χ4v) is 2.81. The number of non-ortho nitro benzene ring substituents is 1. The van der Waals surface area contributed by atoms with E-state index in [0.29, 0.717) is 35.1 Å². The maximum Gasteiger partial charge on any atom is 0.280 e. The molecule has 0 N–H and O–H groups in total. The third-order valence-electron chi connectivity index (χ3n) is 4.15. The Kier molecular flexibility index (Phi) is 5.39. The smallest absolute Gasteiger partial charge is 0.280 e. The number of carbonyl (C=O) groups is 1. The van der Waals surface area contributed by atoms with Gasteiger partial charge in [0.2, 0.25) is 0 Å². The molecule has 28 heavy (non-hydrogen) atoms. The zero-order valence-electron chi connectivity index (χ0n) is 15.7. The number of nitro groups is 1. The van der Waals surface area contributed by atoms with Crippen molar-refractivity contribution in [1.29, 1.82) is 0 Å². The third kappa shape index (κ3) is 3.71. The van der Waals surface area contributed by atoms with Crippen LogP contribution >= 0.6 is 0 Å². The van der Waals surface area contributed by atoms with Crippen LogP contribution in [0.4, 0.5) is 11.4 Å². The van der Waals surface area contributed by atoms with E-state index in [1.807, 2.05) is 13.0 Å². The number of nitro benzene ring substituents is 1. The summed E-state index contributed by atoms with van der Waals surface area (Å²) in [6.07, 6.45) is 1.71. The number of amides is 1. The van der Waals surface area contributed by atoms with Crippen LogP contribution in [-0.2, 0) is 4.79 Å². The Hall–Kier alpha value is -3.68. The van der Waals surface area contributed by atoms with E-state index >= 15 is 0 Å². The second-order valence-electron chi connectivity index (χ2n) is 5.98. The number of anilines is 1. The highest BCUT2D eigenvalue weighted by atomic mass is 16.6. The van der Waals surface area contributed by atoms with E-state index < -0.39 is 4.92 Å². The third-order valence-corrected chi connectivity index (χ3v) is 4.15. The Balaban J connectivity index is 1.93. The van der Waals surface area contributed by atoms with Crippen molar-refractivity contribution in [2.24, 2.45) is 5.10 Å². The molecule has 0 saturated heterocycles. The van der Waals surface area contributed by atoms with Gasteiger partial charge in [-0.05, 0) is 43.7 Å². The number of hydrazone groups is 1. The molecular weight excluding hydrogens is 362 g/mol. The highest BCUT2D eigenvalue weighted by Gasteiger charge is 2.29. The molecule has 0 aromatic heterocycles. The van der Waals surface area contributed by atoms with Crippen LogP contribution in [0.3, 0.4) is 0 Å². The van der Waals surface area contributed by atoms with Gasteiger partial charge in [0.1, 0.15) is 0 Å². The molecule has 144 valence electrons. The quantitative estimate of drug-likeness (QED) is 0.431. The van der Waals surface area contributed by atoms with E-state index in [9.17, 15) is 14.9 Å². The summed E-state index contributed by atoms with van der Waals surface area (Å²) in [4.78, 5) is 23.3. The first-order valence-electron chi connectivity index (χ1n) is 8.61. The average Bonchev–Trinajstić information content (AvgIpc) is 2.97. The minimum absolute atomic E-state index is 0.105. The molecule has 8 heteroatoms. The van der Waals surface area contributed by atoms with Gasteiger partial charge in [0.15, 0.2) is 11.5 Å². The van der Waals surface area contributed by atoms with Crippen molar-refractivity contribution < 1.29 is 19.2 Å². The Morgan fingerprint density at radius 2 is 2.00 bits per heavy atom. The minimum atomic E-state index is -0.510. The predicted octanol–water partition coefficient (Wildman–Crippen LogP) is 3.81. The van der Waals surface area contributed by atoms with Crippen molar-refractivity contribution in [3.63, 3.8) is 0 Å². The molecule has 0 bridgehead atoms. The highest BCUT2D eigenvalue weighted by molar-refractivity contribution is 6.32. The number of rotatable bonds is 6. The zero-order chi connectivity index (χ0) is 20.3. The van der Waals surface area contributed by atoms with Gasteiger partial charge in [0, 0.05) is 12.1 Å². The molecule has 1 aliphatic heterocycles. The summed E-state index contributed by atoms with van der Waals surface area (Å²) >= 11 is 0. The number of ether oxygens (including phenoxy) is 2. The second kappa shape index (κ2) is 7.91. The number of nitrogens with zero attached hydrogens (tertiary/aromatic N) is 3. The minimum Gasteiger partial charge on any atom is -0.493 e. The van der Waals surface area contributed by atoms with Crippen molar-refractivity contribution >= 4 is 29.1 Å². The fraction of sp³-hybridized carbons (Fsp3) is 0.200. The van der Waals surface area contributed by atoms with Gasteiger partial charge < -0.3 is 9.47 Å². The van der Waals surface area contributed by atoms with Gasteiger partial charge in [-0.25, -0.2) is 0 Å². The molecule has 1 aliphatic rings. The van der Waals surface area contributed by atoms with Crippen molar-refractivity contribution in [2.75, 3.05) is 18.7 Å². The molecule has 1 heterocycles. The second-order valence-corrected chi connectivity index (χ2v) is 5.98. The monoisotopic (exact) mass is 381 g/mol. The van der Waals surface area contributed by atoms with Crippen molar-refractivity contribution in [1.82, 2.24) is 0 Å². The summed E-state index contributed by atoms with van der Waals surface area (Å²) in [7, 11) is 1.55. The van der Waals surface area contributed by atoms with Crippen LogP contribution in [0.15, 0.2) is 53.1 Å². The van der Waals surface area contributed by atoms with Gasteiger partial charge in [-0.2, -0.15) is 10.1 Å². The summed E-state index contributed by atoms with van der Waals surface area (Å²) in [5.41, 5.74) is 1.90. The molecule has 0 aliphatic carbocycles. The lowest BCUT2D eigenvalue weighted by Gasteiger charge is -2.11. The molecule has 0 saturated carbocycles. The number of benzene rings is 2. The van der Waals surface area contributed by atoms with E-state index in [1.165, 1.54) is 23.2 Å². The maximum atomic E-state index is 12.8. The van der Waals surface area contributed by atoms with E-state index in [4.69, 9.17) is 9.47 Å². The van der Waals surface area contributed by atoms with Crippen LogP contribution in [0.5, 0.6) is 11.5 Å². The van der Waals surface area contributed by atoms with Crippen LogP contribution in [0.1, 0.15) is 19.4 Å². The summed E-state index contributed by atoms with van der Waals surface area (Å²) in [6, 6.07) is 11.2. The van der Waals surface area contributed by atoms with Crippen molar-refractivity contribution in [3.05, 3.63) is 63.7 Å². The van der Waals surface area contributed by atoms with Crippen LogP contribution in [0.25, 0.3) is 6.08 Å². The Morgan fingerprint density at radius 3 is 2.68 bits per heavy atom. The number of hydrogen-bond donors (Lipinski definition) is 0. The van der Waals surface area contributed by atoms with E-state index in [-0.39, 0.29) is 11.6 Å². The lowest BCUT2D eigenvalue weighted by atomic mass is 10.1. The number of carbonyl (C=O) groups excluding carboxylic acids is 1. The fourth-order valence-electron chi connectivity index (χ4n) is 2.81. The summed E-state index contributed by atoms with van der Waals surface area (Å²) in [6.45, 7) is 4.11. The molecule has 0 fully saturated rings. The van der Waals surface area contributed by atoms with Gasteiger partial charge >= 0.3 is 0 Å². The highest BCUT2D eigenvalue weighted by Crippen LogP contribution is 2.31. The summed E-state index contributed by atoms with van der Waals surface area (Å²) in [5, 5.41) is 16.4. The van der Waals surface area contributed by atoms with Gasteiger partial charge in [-0.15, -0.1) is 0 Å². The molecule has 0 unspecified atom stereocenters. The Morgan fingerprint density at radius 1 is 1.21 bits per heavy atom. The molecule has 1 amide bonds. The van der Waals surface area contributed by atoms with Gasteiger partial charge in [0.25, 0.3) is 11.6 Å². The summed E-state index contributed by atoms with van der Waals surface area (Å²) < 4.78 is 10.8. The van der Waals surface area contributed by atoms with Gasteiger partial charge in [0.05, 0.1) is 35.6 Å². The first-order chi connectivity index (χ1) is 13.4. The molecule has 3 rings (SSSR count). The van der Waals surface area contributed by atoms with Crippen LogP contribution in [0, 0.1) is 10.1 Å². The van der Waals surface area contributed by atoms with E-state index in [2.05, 4.69) is 5.10 Å². The van der Waals surface area contributed by atoms with Crippen LogP contribution in [0.2, 0.25) is 0 Å². The first kappa shape index (κ1) is 19.1. The Labute approximate surface area is 161 Å². The standard InChI is InChI=1S/C20H19N3O5/c1-4-28-18-9-8-14(11-19(18)27-3)10-17-13(2)21-22(20(17)24)15-6-5-7-16(12-15)23(25)26/h5-12H,4H2,1-3H3/b17-10-. The molecule has 0 spiro atoms. The number of methoxy groups -OCH3 is 1. The van der Waals surface area contributed by atoms with E-state index in [0.717, 1.165) is 5.56 Å². The van der Waals surface area contributed by atoms with E-state index in [1.54, 1.807) is 38.3 Å². The van der Waals surface area contributed by atoms with Crippen LogP contribution in [-0.4, -0.2) is 30.3 Å². The van der Waals surface area contributed by atoms with Gasteiger partial charge in [-0.1, -0.05) is 12.1 Å². The molecule has 2 aromatic rings. The Bertz CT molecular complexity index is 997. The zero-order valence-corrected chi connectivity index (χ0v) is 15.7. The molecule has 0 radical (unpaired) electrons. The van der Waals surface area contributed by atoms with Gasteiger partial charge in [-0.3, -0.25) is 14.9 Å². The molecule has 8 nitrogen and oxygen atoms in total. The normalized spacial score (nSPS) is 15.0. The largest absolute Gasteiger partial charge is 0.493 e. The number of hydrogen-bond acceptors (Lipinski definition) is 6. The van der Waals surface area contributed by atoms with Crippen molar-refractivity contribution in [2.45, 2.75) is 13.8 Å². The lowest BCUT2D eigenvalue weighted by Crippen LogP contribution is -2.21. The molecule has 0 atom stereocenters. The maximum absolute atomic E-state index is 12.8. The molecule has 2 aromatic carbocycles. The SMILES string of the molecule is CCOc1ccc(/C=C2\C(=O)N(c3cccc([N+](=O)[O-])c3)N=C2C)cc1OC. The summed E-state index contributed by atoms with van der Waals surface area (Å²) in [5.74, 6) is 0.825. The lowest BCUT2D eigenvalue weighted by molar-refractivity contribution is -0.384.